The van der Waals surface area contributed by atoms with Gasteiger partial charge in [-0.25, -0.2) is 0 Å². The van der Waals surface area contributed by atoms with E-state index in [0.29, 0.717) is 22.2 Å². The minimum Gasteiger partial charge on any atom is -0.497 e. The molecule has 1 aliphatic rings. The predicted molar refractivity (Wildman–Crippen MR) is 120 cm³/mol. The van der Waals surface area contributed by atoms with E-state index in [4.69, 9.17) is 22.1 Å². The number of aromatic nitrogens is 1. The van der Waals surface area contributed by atoms with E-state index in [2.05, 4.69) is 4.57 Å². The van der Waals surface area contributed by atoms with Gasteiger partial charge in [-0.3, -0.25) is 14.5 Å². The number of carbonyl (C=O) groups is 2. The fourth-order valence-electron chi connectivity index (χ4n) is 3.44. The fraction of sp³-hybridized carbons (Fsp3) is 0.381. The first-order valence-electron chi connectivity index (χ1n) is 9.43. The largest absolute Gasteiger partial charge is 0.497 e. The van der Waals surface area contributed by atoms with Crippen LogP contribution in [0.3, 0.4) is 0 Å². The van der Waals surface area contributed by atoms with Crippen LogP contribution in [0.2, 0.25) is 0 Å². The van der Waals surface area contributed by atoms with Gasteiger partial charge in [0.2, 0.25) is 0 Å². The summed E-state index contributed by atoms with van der Waals surface area (Å²) >= 11 is 6.73. The Morgan fingerprint density at radius 3 is 2.76 bits per heavy atom. The number of rotatable bonds is 8. The normalized spacial score (nSPS) is 15.7. The molecule has 1 N–H and O–H groups in total. The van der Waals surface area contributed by atoms with E-state index in [9.17, 15) is 9.59 Å². The number of unbranched alkanes of at least 4 members (excludes halogenated alkanes) is 2. The van der Waals surface area contributed by atoms with Gasteiger partial charge in [0.1, 0.15) is 10.1 Å². The SMILES string of the molecule is COc1ccc2c(c1)c(C=C1SC(=S)N(CCCCCC(=O)O)C1=O)c(C)n2C. The molecule has 2 aromatic rings. The van der Waals surface area contributed by atoms with Crippen molar-refractivity contribution in [1.29, 1.82) is 0 Å². The number of amides is 1. The van der Waals surface area contributed by atoms with Gasteiger partial charge in [0.05, 0.1) is 12.0 Å². The maximum atomic E-state index is 12.9. The molecule has 1 aromatic carbocycles. The highest BCUT2D eigenvalue weighted by Gasteiger charge is 2.32. The Morgan fingerprint density at radius 2 is 2.07 bits per heavy atom. The van der Waals surface area contributed by atoms with E-state index < -0.39 is 5.97 Å². The Labute approximate surface area is 179 Å². The third-order valence-electron chi connectivity index (χ3n) is 5.17. The van der Waals surface area contributed by atoms with Gasteiger partial charge in [-0.05, 0) is 44.0 Å². The van der Waals surface area contributed by atoms with Crippen LogP contribution in [0.25, 0.3) is 17.0 Å². The first-order valence-corrected chi connectivity index (χ1v) is 10.7. The summed E-state index contributed by atoms with van der Waals surface area (Å²) in [5.74, 6) is -0.107. The van der Waals surface area contributed by atoms with Gasteiger partial charge < -0.3 is 14.4 Å². The van der Waals surface area contributed by atoms with Crippen molar-refractivity contribution in [2.75, 3.05) is 13.7 Å². The molecule has 0 bridgehead atoms. The summed E-state index contributed by atoms with van der Waals surface area (Å²) in [5, 5.41) is 9.74. The Bertz CT molecular complexity index is 1010. The van der Waals surface area contributed by atoms with E-state index in [1.54, 1.807) is 12.0 Å². The summed E-state index contributed by atoms with van der Waals surface area (Å²) in [6.07, 6.45) is 4.17. The van der Waals surface area contributed by atoms with Crippen molar-refractivity contribution in [3.05, 3.63) is 34.4 Å². The molecule has 1 amide bonds. The average molecular weight is 433 g/mol. The number of thiocarbonyl (C=S) groups is 1. The van der Waals surface area contributed by atoms with E-state index >= 15 is 0 Å². The maximum absolute atomic E-state index is 12.9. The lowest BCUT2D eigenvalue weighted by molar-refractivity contribution is -0.137. The van der Waals surface area contributed by atoms with Crippen LogP contribution < -0.4 is 4.74 Å². The third kappa shape index (κ3) is 4.48. The molecule has 1 aromatic heterocycles. The molecule has 0 spiro atoms. The van der Waals surface area contributed by atoms with Crippen molar-refractivity contribution >= 4 is 57.2 Å². The number of carboxylic acids is 1. The Morgan fingerprint density at radius 1 is 1.31 bits per heavy atom. The highest BCUT2D eigenvalue weighted by Crippen LogP contribution is 2.36. The summed E-state index contributed by atoms with van der Waals surface area (Å²) in [5.41, 5.74) is 3.12. The molecule has 29 heavy (non-hydrogen) atoms. The molecule has 1 aliphatic heterocycles. The molecule has 2 heterocycles. The second kappa shape index (κ2) is 9.00. The second-order valence-corrected chi connectivity index (χ2v) is 8.65. The number of hydrogen-bond acceptors (Lipinski definition) is 5. The first-order chi connectivity index (χ1) is 13.8. The van der Waals surface area contributed by atoms with Crippen molar-refractivity contribution in [3.8, 4) is 5.75 Å². The maximum Gasteiger partial charge on any atom is 0.303 e. The van der Waals surface area contributed by atoms with E-state index in [0.717, 1.165) is 40.8 Å². The molecule has 8 heteroatoms. The summed E-state index contributed by atoms with van der Waals surface area (Å²) in [6.45, 7) is 2.55. The van der Waals surface area contributed by atoms with Crippen molar-refractivity contribution in [2.24, 2.45) is 7.05 Å². The van der Waals surface area contributed by atoms with Gasteiger partial charge in [0.15, 0.2) is 0 Å². The van der Waals surface area contributed by atoms with Gasteiger partial charge in [-0.15, -0.1) is 0 Å². The highest BCUT2D eigenvalue weighted by atomic mass is 32.2. The highest BCUT2D eigenvalue weighted by molar-refractivity contribution is 8.26. The number of aryl methyl sites for hydroxylation is 1. The summed E-state index contributed by atoms with van der Waals surface area (Å²) < 4.78 is 8.01. The summed E-state index contributed by atoms with van der Waals surface area (Å²) in [7, 11) is 3.64. The molecule has 0 saturated carbocycles. The average Bonchev–Trinajstić information content (AvgIpc) is 3.09. The lowest BCUT2D eigenvalue weighted by atomic mass is 10.1. The molecule has 154 valence electrons. The summed E-state index contributed by atoms with van der Waals surface area (Å²) in [6, 6.07) is 5.92. The Hall–Kier alpha value is -2.32. The molecular weight excluding hydrogens is 408 g/mol. The molecule has 0 unspecified atom stereocenters. The zero-order valence-corrected chi connectivity index (χ0v) is 18.4. The standard InChI is InChI=1S/C21H24N2O4S2/c1-13-15(16-11-14(27-3)8-9-17(16)22(13)2)12-18-20(26)23(21(28)29-18)10-6-4-5-7-19(24)25/h8-9,11-12H,4-7,10H2,1-3H3,(H,24,25). The van der Waals surface area contributed by atoms with E-state index in [-0.39, 0.29) is 12.3 Å². The number of carbonyl (C=O) groups excluding carboxylic acids is 1. The molecule has 6 nitrogen and oxygen atoms in total. The second-order valence-electron chi connectivity index (χ2n) is 6.98. The number of benzene rings is 1. The van der Waals surface area contributed by atoms with Gasteiger partial charge >= 0.3 is 5.97 Å². The summed E-state index contributed by atoms with van der Waals surface area (Å²) in [4.78, 5) is 25.7. The van der Waals surface area contributed by atoms with Crippen molar-refractivity contribution in [2.45, 2.75) is 32.6 Å². The van der Waals surface area contributed by atoms with Crippen LogP contribution in [-0.2, 0) is 16.6 Å². The van der Waals surface area contributed by atoms with Crippen LogP contribution in [0.5, 0.6) is 5.75 Å². The van der Waals surface area contributed by atoms with Crippen LogP contribution in [0, 0.1) is 6.92 Å². The minimum absolute atomic E-state index is 0.0856. The van der Waals surface area contributed by atoms with Crippen LogP contribution >= 0.6 is 24.0 Å². The van der Waals surface area contributed by atoms with Crippen molar-refractivity contribution in [1.82, 2.24) is 9.47 Å². The van der Waals surface area contributed by atoms with Gasteiger partial charge in [-0.2, -0.15) is 0 Å². The van der Waals surface area contributed by atoms with Crippen molar-refractivity contribution < 1.29 is 19.4 Å². The Balaban J connectivity index is 1.81. The third-order valence-corrected chi connectivity index (χ3v) is 6.55. The van der Waals surface area contributed by atoms with Crippen LogP contribution in [-0.4, -0.2) is 44.4 Å². The number of aliphatic carboxylic acids is 1. The van der Waals surface area contributed by atoms with E-state index in [1.807, 2.05) is 38.2 Å². The molecule has 1 saturated heterocycles. The van der Waals surface area contributed by atoms with E-state index in [1.165, 1.54) is 11.8 Å². The molecule has 3 rings (SSSR count). The van der Waals surface area contributed by atoms with Crippen LogP contribution in [0.1, 0.15) is 36.9 Å². The number of thioether (sulfide) groups is 1. The molecule has 0 aliphatic carbocycles. The number of fused-ring (bicyclic) bond motifs is 1. The molecule has 0 radical (unpaired) electrons. The van der Waals surface area contributed by atoms with Gasteiger partial charge in [0, 0.05) is 42.2 Å². The number of carboxylic acid groups (broad SMARTS) is 1. The molecule has 0 atom stereocenters. The zero-order valence-electron chi connectivity index (χ0n) is 16.7. The quantitative estimate of drug-likeness (QED) is 0.380. The number of hydrogen-bond donors (Lipinski definition) is 1. The van der Waals surface area contributed by atoms with Crippen LogP contribution in [0.4, 0.5) is 0 Å². The van der Waals surface area contributed by atoms with Gasteiger partial charge in [0.25, 0.3) is 5.91 Å². The van der Waals surface area contributed by atoms with Crippen LogP contribution in [0.15, 0.2) is 23.1 Å². The molecular formula is C21H24N2O4S2. The number of ether oxygens (including phenoxy) is 1. The monoisotopic (exact) mass is 432 g/mol. The minimum atomic E-state index is -0.791. The number of methoxy groups -OCH3 is 1. The fourth-order valence-corrected chi connectivity index (χ4v) is 4.73. The topological polar surface area (TPSA) is 71.8 Å². The predicted octanol–water partition coefficient (Wildman–Crippen LogP) is 4.34. The lowest BCUT2D eigenvalue weighted by Crippen LogP contribution is -2.29. The smallest absolute Gasteiger partial charge is 0.303 e. The van der Waals surface area contributed by atoms with Crippen molar-refractivity contribution in [3.63, 3.8) is 0 Å². The number of nitrogens with zero attached hydrogens (tertiary/aromatic N) is 2. The lowest BCUT2D eigenvalue weighted by Gasteiger charge is -2.13. The Kier molecular flexibility index (Phi) is 6.64. The molecule has 1 fully saturated rings. The van der Waals surface area contributed by atoms with Gasteiger partial charge in [-0.1, -0.05) is 30.4 Å². The zero-order chi connectivity index (χ0) is 21.1. The first kappa shape index (κ1) is 21.4.